The number of hydrogen-bond acceptors (Lipinski definition) is 3. The number of alkyl halides is 1. The molecule has 1 fully saturated rings. The molecule has 0 aromatic carbocycles. The third-order valence-corrected chi connectivity index (χ3v) is 4.96. The molecule has 0 amide bonds. The smallest absolute Gasteiger partial charge is 0.214 e. The van der Waals surface area contributed by atoms with Gasteiger partial charge in [-0.25, -0.2) is 12.7 Å². The maximum Gasteiger partial charge on any atom is 0.214 e. The molecule has 0 saturated carbocycles. The summed E-state index contributed by atoms with van der Waals surface area (Å²) in [7, 11) is -3.09. The van der Waals surface area contributed by atoms with Crippen molar-refractivity contribution in [2.45, 2.75) is 32.3 Å². The van der Waals surface area contributed by atoms with Gasteiger partial charge in [0.25, 0.3) is 0 Å². The Labute approximate surface area is 103 Å². The van der Waals surface area contributed by atoms with Crippen molar-refractivity contribution in [2.75, 3.05) is 31.3 Å². The van der Waals surface area contributed by atoms with Crippen LogP contribution in [0.25, 0.3) is 0 Å². The van der Waals surface area contributed by atoms with E-state index in [0.717, 1.165) is 12.8 Å². The Kier molecular flexibility index (Phi) is 6.03. The van der Waals surface area contributed by atoms with Crippen LogP contribution >= 0.6 is 11.6 Å². The van der Waals surface area contributed by atoms with E-state index < -0.39 is 10.0 Å². The second-order valence-electron chi connectivity index (χ2n) is 3.91. The lowest BCUT2D eigenvalue weighted by Crippen LogP contribution is -2.41. The van der Waals surface area contributed by atoms with E-state index in [2.05, 4.69) is 0 Å². The lowest BCUT2D eigenvalue weighted by atomic mass is 10.1. The van der Waals surface area contributed by atoms with E-state index in [1.54, 1.807) is 4.31 Å². The van der Waals surface area contributed by atoms with Crippen molar-refractivity contribution in [2.24, 2.45) is 0 Å². The summed E-state index contributed by atoms with van der Waals surface area (Å²) >= 11 is 5.51. The highest BCUT2D eigenvalue weighted by atomic mass is 35.5. The maximum absolute atomic E-state index is 11.8. The zero-order valence-electron chi connectivity index (χ0n) is 9.69. The summed E-state index contributed by atoms with van der Waals surface area (Å²) in [5, 5.41) is 0. The maximum atomic E-state index is 11.8. The van der Waals surface area contributed by atoms with Gasteiger partial charge in [-0.3, -0.25) is 0 Å². The molecule has 0 atom stereocenters. The van der Waals surface area contributed by atoms with Gasteiger partial charge in [0.15, 0.2) is 0 Å². The van der Waals surface area contributed by atoms with Crippen LogP contribution in [-0.2, 0) is 14.8 Å². The van der Waals surface area contributed by atoms with Gasteiger partial charge in [0, 0.05) is 25.6 Å². The number of ether oxygens (including phenoxy) is 1. The summed E-state index contributed by atoms with van der Waals surface area (Å²) < 4.78 is 30.7. The molecule has 0 aliphatic carbocycles. The van der Waals surface area contributed by atoms with Gasteiger partial charge in [-0.05, 0) is 26.2 Å². The van der Waals surface area contributed by atoms with E-state index >= 15 is 0 Å². The minimum Gasteiger partial charge on any atom is -0.378 e. The zero-order chi connectivity index (χ0) is 12.0. The Hall–Kier alpha value is 0.160. The molecule has 1 saturated heterocycles. The first-order valence-electron chi connectivity index (χ1n) is 5.75. The summed E-state index contributed by atoms with van der Waals surface area (Å²) in [5.74, 6) is 0.560. The van der Waals surface area contributed by atoms with Crippen LogP contribution in [0.15, 0.2) is 0 Å². The molecule has 0 radical (unpaired) electrons. The van der Waals surface area contributed by atoms with Gasteiger partial charge in [-0.1, -0.05) is 0 Å². The molecule has 96 valence electrons. The van der Waals surface area contributed by atoms with Crippen LogP contribution in [0.3, 0.4) is 0 Å². The van der Waals surface area contributed by atoms with Gasteiger partial charge in [-0.2, -0.15) is 0 Å². The predicted molar refractivity (Wildman–Crippen MR) is 65.3 cm³/mol. The Morgan fingerprint density at radius 2 is 2.00 bits per heavy atom. The van der Waals surface area contributed by atoms with Crippen molar-refractivity contribution in [3.05, 3.63) is 0 Å². The molecular weight excluding hydrogens is 250 g/mol. The van der Waals surface area contributed by atoms with E-state index in [1.807, 2.05) is 6.92 Å². The first-order valence-corrected chi connectivity index (χ1v) is 7.90. The third kappa shape index (κ3) is 4.20. The van der Waals surface area contributed by atoms with Crippen molar-refractivity contribution in [1.82, 2.24) is 4.31 Å². The number of nitrogens with zero attached hydrogens (tertiary/aromatic N) is 1. The van der Waals surface area contributed by atoms with E-state index in [-0.39, 0.29) is 11.9 Å². The zero-order valence-corrected chi connectivity index (χ0v) is 11.3. The van der Waals surface area contributed by atoms with Crippen molar-refractivity contribution in [1.29, 1.82) is 0 Å². The van der Waals surface area contributed by atoms with E-state index in [1.165, 1.54) is 0 Å². The molecular formula is C10H20ClNO3S. The summed E-state index contributed by atoms with van der Waals surface area (Å²) in [6.07, 6.45) is 2.35. The van der Waals surface area contributed by atoms with Crippen LogP contribution in [-0.4, -0.2) is 50.2 Å². The van der Waals surface area contributed by atoms with Gasteiger partial charge in [0.05, 0.1) is 11.9 Å². The highest BCUT2D eigenvalue weighted by Crippen LogP contribution is 2.17. The van der Waals surface area contributed by atoms with Crippen molar-refractivity contribution >= 4 is 21.6 Å². The Morgan fingerprint density at radius 1 is 1.38 bits per heavy atom. The molecule has 0 aromatic rings. The number of piperidine rings is 1. The summed E-state index contributed by atoms with van der Waals surface area (Å²) in [4.78, 5) is 0. The Balaban J connectivity index is 2.40. The fraction of sp³-hybridized carbons (Fsp3) is 1.00. The highest BCUT2D eigenvalue weighted by molar-refractivity contribution is 7.89. The molecule has 0 bridgehead atoms. The predicted octanol–water partition coefficient (Wildman–Crippen LogP) is 1.45. The average Bonchev–Trinajstić information content (AvgIpc) is 2.28. The van der Waals surface area contributed by atoms with E-state index in [4.69, 9.17) is 16.3 Å². The fourth-order valence-electron chi connectivity index (χ4n) is 1.88. The van der Waals surface area contributed by atoms with Gasteiger partial charge in [-0.15, -0.1) is 11.6 Å². The van der Waals surface area contributed by atoms with Gasteiger partial charge < -0.3 is 4.74 Å². The topological polar surface area (TPSA) is 46.6 Å². The lowest BCUT2D eigenvalue weighted by Gasteiger charge is -2.30. The molecule has 16 heavy (non-hydrogen) atoms. The quantitative estimate of drug-likeness (QED) is 0.686. The third-order valence-electron chi connectivity index (χ3n) is 2.73. The second kappa shape index (κ2) is 6.79. The summed E-state index contributed by atoms with van der Waals surface area (Å²) in [6.45, 7) is 3.82. The monoisotopic (exact) mass is 269 g/mol. The minimum absolute atomic E-state index is 0.163. The fourth-order valence-corrected chi connectivity index (χ4v) is 3.71. The van der Waals surface area contributed by atoms with Crippen molar-refractivity contribution in [3.8, 4) is 0 Å². The molecule has 0 N–H and O–H groups in total. The number of hydrogen-bond donors (Lipinski definition) is 0. The number of halogens is 1. The molecule has 1 heterocycles. The van der Waals surface area contributed by atoms with Crippen LogP contribution in [0.1, 0.15) is 26.2 Å². The van der Waals surface area contributed by atoms with Gasteiger partial charge in [0.1, 0.15) is 0 Å². The standard InChI is InChI=1S/C10H20ClNO3S/c1-2-15-10-4-7-12(8-5-10)16(13,14)9-3-6-11/h10H,2-9H2,1H3. The Morgan fingerprint density at radius 3 is 2.50 bits per heavy atom. The first kappa shape index (κ1) is 14.2. The largest absolute Gasteiger partial charge is 0.378 e. The highest BCUT2D eigenvalue weighted by Gasteiger charge is 2.27. The van der Waals surface area contributed by atoms with Crippen LogP contribution in [0.4, 0.5) is 0 Å². The average molecular weight is 270 g/mol. The molecule has 4 nitrogen and oxygen atoms in total. The van der Waals surface area contributed by atoms with E-state index in [9.17, 15) is 8.42 Å². The number of sulfonamides is 1. The van der Waals surface area contributed by atoms with Gasteiger partial charge in [0.2, 0.25) is 10.0 Å². The van der Waals surface area contributed by atoms with Crippen molar-refractivity contribution < 1.29 is 13.2 Å². The van der Waals surface area contributed by atoms with Crippen molar-refractivity contribution in [3.63, 3.8) is 0 Å². The molecule has 0 unspecified atom stereocenters. The second-order valence-corrected chi connectivity index (χ2v) is 6.38. The first-order chi connectivity index (χ1) is 7.60. The summed E-state index contributed by atoms with van der Waals surface area (Å²) in [5.41, 5.74) is 0. The Bertz CT molecular complexity index is 286. The molecule has 1 aliphatic heterocycles. The summed E-state index contributed by atoms with van der Waals surface area (Å²) in [6, 6.07) is 0. The minimum atomic E-state index is -3.09. The molecule has 0 spiro atoms. The SMILES string of the molecule is CCOC1CCN(S(=O)(=O)CCCCl)CC1. The van der Waals surface area contributed by atoms with Crippen LogP contribution in [0, 0.1) is 0 Å². The lowest BCUT2D eigenvalue weighted by molar-refractivity contribution is 0.0290. The van der Waals surface area contributed by atoms with Crippen LogP contribution < -0.4 is 0 Å². The molecule has 6 heteroatoms. The number of rotatable bonds is 6. The van der Waals surface area contributed by atoms with Crippen LogP contribution in [0.2, 0.25) is 0 Å². The molecule has 0 aromatic heterocycles. The molecule has 1 aliphatic rings. The molecule has 1 rings (SSSR count). The van der Waals surface area contributed by atoms with E-state index in [0.29, 0.717) is 32.0 Å². The van der Waals surface area contributed by atoms with Gasteiger partial charge >= 0.3 is 0 Å². The van der Waals surface area contributed by atoms with Crippen LogP contribution in [0.5, 0.6) is 0 Å². The normalized spacial score (nSPS) is 20.1.